The fourth-order valence-electron chi connectivity index (χ4n) is 2.48. The summed E-state index contributed by atoms with van der Waals surface area (Å²) in [5.41, 5.74) is 1.21. The van der Waals surface area contributed by atoms with Crippen LogP contribution < -0.4 is 4.74 Å². The van der Waals surface area contributed by atoms with Gasteiger partial charge < -0.3 is 14.4 Å². The summed E-state index contributed by atoms with van der Waals surface area (Å²) in [4.78, 5) is 15.3. The summed E-state index contributed by atoms with van der Waals surface area (Å²) >= 11 is 0. The van der Waals surface area contributed by atoms with E-state index in [0.717, 1.165) is 12.1 Å². The van der Waals surface area contributed by atoms with E-state index in [4.69, 9.17) is 4.74 Å². The molecule has 3 rings (SSSR count). The van der Waals surface area contributed by atoms with Crippen LogP contribution in [0.2, 0.25) is 0 Å². The maximum Gasteiger partial charge on any atom is 0.161 e. The minimum absolute atomic E-state index is 0.0231. The molecule has 5 nitrogen and oxygen atoms in total. The molecule has 0 radical (unpaired) electrons. The molecule has 0 spiro atoms. The lowest BCUT2D eigenvalue weighted by molar-refractivity contribution is 0.0932. The van der Waals surface area contributed by atoms with Crippen molar-refractivity contribution in [2.75, 3.05) is 6.61 Å². The first-order valence-electron chi connectivity index (χ1n) is 7.66. The molecule has 0 saturated carbocycles. The molecule has 1 unspecified atom stereocenters. The average molecular weight is 346 g/mol. The monoisotopic (exact) mass is 346 g/mol. The predicted octanol–water partition coefficient (Wildman–Crippen LogP) is 2.96. The quantitative estimate of drug-likeness (QED) is 0.697. The lowest BCUT2D eigenvalue weighted by atomic mass is 10.1. The van der Waals surface area contributed by atoms with E-state index >= 15 is 0 Å². The van der Waals surface area contributed by atoms with Crippen LogP contribution in [0.5, 0.6) is 5.75 Å². The first-order valence-corrected chi connectivity index (χ1v) is 7.66. The topological polar surface area (TPSA) is 64.3 Å². The lowest BCUT2D eigenvalue weighted by Gasteiger charge is -2.14. The number of halogens is 2. The van der Waals surface area contributed by atoms with Crippen LogP contribution in [0.1, 0.15) is 17.3 Å². The van der Waals surface area contributed by atoms with Gasteiger partial charge in [0.1, 0.15) is 18.5 Å². The summed E-state index contributed by atoms with van der Waals surface area (Å²) in [6, 6.07) is 8.71. The molecule has 1 aromatic heterocycles. The number of benzene rings is 2. The minimum Gasteiger partial charge on any atom is -0.491 e. The van der Waals surface area contributed by atoms with Gasteiger partial charge in [-0.1, -0.05) is 12.1 Å². The number of fused-ring (bicyclic) bond motifs is 1. The summed E-state index contributed by atoms with van der Waals surface area (Å²) in [5, 5.41) is 10.1. The van der Waals surface area contributed by atoms with E-state index in [1.165, 1.54) is 17.8 Å². The van der Waals surface area contributed by atoms with E-state index in [9.17, 15) is 18.7 Å². The van der Waals surface area contributed by atoms with Crippen molar-refractivity contribution in [1.29, 1.82) is 0 Å². The molecule has 0 aliphatic rings. The second-order valence-corrected chi connectivity index (χ2v) is 5.70. The second kappa shape index (κ2) is 6.98. The minimum atomic E-state index is -0.971. The van der Waals surface area contributed by atoms with Gasteiger partial charge in [0.05, 0.1) is 23.9 Å². The number of aliphatic hydroxyl groups excluding tert-OH is 1. The summed E-state index contributed by atoms with van der Waals surface area (Å²) in [7, 11) is 0. The van der Waals surface area contributed by atoms with E-state index in [-0.39, 0.29) is 18.9 Å². The average Bonchev–Trinajstić information content (AvgIpc) is 2.95. The molecule has 1 N–H and O–H groups in total. The Balaban J connectivity index is 1.67. The first-order chi connectivity index (χ1) is 11.9. The molecule has 0 fully saturated rings. The number of carbonyl (C=O) groups is 1. The van der Waals surface area contributed by atoms with Crippen LogP contribution in [-0.4, -0.2) is 33.2 Å². The third-order valence-corrected chi connectivity index (χ3v) is 3.75. The zero-order valence-electron chi connectivity index (χ0n) is 13.4. The molecule has 7 heteroatoms. The molecule has 0 aliphatic heterocycles. The van der Waals surface area contributed by atoms with Gasteiger partial charge >= 0.3 is 0 Å². The van der Waals surface area contributed by atoms with Gasteiger partial charge in [0.2, 0.25) is 0 Å². The van der Waals surface area contributed by atoms with Gasteiger partial charge in [-0.3, -0.25) is 4.79 Å². The van der Waals surface area contributed by atoms with Crippen LogP contribution in [0.15, 0.2) is 42.7 Å². The maximum atomic E-state index is 13.4. The number of hydrogen-bond acceptors (Lipinski definition) is 4. The summed E-state index contributed by atoms with van der Waals surface area (Å²) < 4.78 is 33.6. The number of rotatable bonds is 6. The van der Waals surface area contributed by atoms with Crippen LogP contribution in [0.25, 0.3) is 11.0 Å². The number of ether oxygens (including phenoxy) is 1. The molecular formula is C18H16F2N2O3. The molecular weight excluding hydrogens is 330 g/mol. The Morgan fingerprint density at radius 1 is 1.28 bits per heavy atom. The molecule has 1 atom stereocenters. The van der Waals surface area contributed by atoms with Crippen LogP contribution in [0, 0.1) is 11.6 Å². The number of ketones is 1. The normalized spacial score (nSPS) is 12.3. The summed E-state index contributed by atoms with van der Waals surface area (Å²) in [6.45, 7) is 1.54. The zero-order valence-corrected chi connectivity index (χ0v) is 13.4. The highest BCUT2D eigenvalue weighted by atomic mass is 19.2. The largest absolute Gasteiger partial charge is 0.491 e. The van der Waals surface area contributed by atoms with Crippen LogP contribution in [0.3, 0.4) is 0 Å². The summed E-state index contributed by atoms with van der Waals surface area (Å²) in [5.74, 6) is -1.55. The van der Waals surface area contributed by atoms with Gasteiger partial charge in [-0.25, -0.2) is 13.8 Å². The van der Waals surface area contributed by atoms with Gasteiger partial charge in [0.15, 0.2) is 17.4 Å². The zero-order chi connectivity index (χ0) is 18.0. The van der Waals surface area contributed by atoms with E-state index < -0.39 is 17.7 Å². The Labute approximate surface area is 142 Å². The number of aromatic nitrogens is 2. The molecule has 130 valence electrons. The van der Waals surface area contributed by atoms with Gasteiger partial charge in [-0.2, -0.15) is 0 Å². The highest BCUT2D eigenvalue weighted by Gasteiger charge is 2.13. The Morgan fingerprint density at radius 2 is 2.04 bits per heavy atom. The molecule has 0 saturated heterocycles. The van der Waals surface area contributed by atoms with E-state index in [0.29, 0.717) is 22.3 Å². The van der Waals surface area contributed by atoms with Crippen molar-refractivity contribution in [2.45, 2.75) is 19.6 Å². The highest BCUT2D eigenvalue weighted by Crippen LogP contribution is 2.18. The van der Waals surface area contributed by atoms with Crippen LogP contribution in [0.4, 0.5) is 8.78 Å². The first kappa shape index (κ1) is 17.0. The molecule has 3 aromatic rings. The fraction of sp³-hybridized carbons (Fsp3) is 0.222. The molecule has 0 aliphatic carbocycles. The Kier molecular flexibility index (Phi) is 4.76. The fourth-order valence-corrected chi connectivity index (χ4v) is 2.48. The Hall–Kier alpha value is -2.80. The SMILES string of the molecule is CC(=O)c1cccc(OCC(O)Cn2cnc3cc(F)c(F)cc32)c1. The lowest BCUT2D eigenvalue weighted by Crippen LogP contribution is -2.23. The molecule has 25 heavy (non-hydrogen) atoms. The highest BCUT2D eigenvalue weighted by molar-refractivity contribution is 5.94. The van der Waals surface area contributed by atoms with Crippen molar-refractivity contribution < 1.29 is 23.4 Å². The molecule has 1 heterocycles. The Morgan fingerprint density at radius 3 is 2.80 bits per heavy atom. The number of carbonyl (C=O) groups excluding carboxylic acids is 1. The number of imidazole rings is 1. The van der Waals surface area contributed by atoms with Crippen molar-refractivity contribution in [2.24, 2.45) is 0 Å². The molecule has 0 bridgehead atoms. The van der Waals surface area contributed by atoms with Crippen LogP contribution in [-0.2, 0) is 6.54 Å². The van der Waals surface area contributed by atoms with Gasteiger partial charge in [0, 0.05) is 17.7 Å². The smallest absolute Gasteiger partial charge is 0.161 e. The standard InChI is InChI=1S/C18H16F2N2O3/c1-11(23)12-3-2-4-14(5-12)25-9-13(24)8-22-10-21-17-6-15(19)16(20)7-18(17)22/h2-7,10,13,24H,8-9H2,1H3. The second-order valence-electron chi connectivity index (χ2n) is 5.70. The van der Waals surface area contributed by atoms with Gasteiger partial charge in [-0.05, 0) is 19.1 Å². The summed E-state index contributed by atoms with van der Waals surface area (Å²) in [6.07, 6.45) is 0.509. The molecule has 0 amide bonds. The van der Waals surface area contributed by atoms with E-state index in [1.807, 2.05) is 0 Å². The Bertz CT molecular complexity index is 924. The van der Waals surface area contributed by atoms with Crippen molar-refractivity contribution in [3.05, 3.63) is 59.9 Å². The van der Waals surface area contributed by atoms with Gasteiger partial charge in [-0.15, -0.1) is 0 Å². The third kappa shape index (κ3) is 3.83. The van der Waals surface area contributed by atoms with Gasteiger partial charge in [0.25, 0.3) is 0 Å². The number of nitrogens with zero attached hydrogens (tertiary/aromatic N) is 2. The predicted molar refractivity (Wildman–Crippen MR) is 87.6 cm³/mol. The molecule has 2 aromatic carbocycles. The maximum absolute atomic E-state index is 13.4. The number of aliphatic hydroxyl groups is 1. The number of hydrogen-bond donors (Lipinski definition) is 1. The van der Waals surface area contributed by atoms with Crippen molar-refractivity contribution in [3.63, 3.8) is 0 Å². The van der Waals surface area contributed by atoms with Crippen molar-refractivity contribution >= 4 is 16.8 Å². The van der Waals surface area contributed by atoms with Crippen molar-refractivity contribution in [1.82, 2.24) is 9.55 Å². The van der Waals surface area contributed by atoms with E-state index in [2.05, 4.69) is 4.98 Å². The van der Waals surface area contributed by atoms with E-state index in [1.54, 1.807) is 24.3 Å². The number of Topliss-reactive ketones (excluding diaryl/α,β-unsaturated/α-hetero) is 1. The van der Waals surface area contributed by atoms with Crippen molar-refractivity contribution in [3.8, 4) is 5.75 Å². The third-order valence-electron chi connectivity index (χ3n) is 3.75. The van der Waals surface area contributed by atoms with Crippen LogP contribution >= 0.6 is 0 Å².